The van der Waals surface area contributed by atoms with Crippen molar-refractivity contribution in [3.63, 3.8) is 0 Å². The van der Waals surface area contributed by atoms with Gasteiger partial charge in [-0.15, -0.1) is 15.3 Å². The summed E-state index contributed by atoms with van der Waals surface area (Å²) in [5.41, 5.74) is 5.48. The van der Waals surface area contributed by atoms with Gasteiger partial charge in [-0.05, 0) is 45.7 Å². The number of alkyl halides is 1. The first-order valence-corrected chi connectivity index (χ1v) is 12.2. The molecule has 3 heterocycles. The third-order valence-corrected chi connectivity index (χ3v) is 5.59. The van der Waals surface area contributed by atoms with Gasteiger partial charge in [0.1, 0.15) is 0 Å². The smallest absolute Gasteiger partial charge is 0.375 e. The summed E-state index contributed by atoms with van der Waals surface area (Å²) >= 11 is 11.8. The Kier molecular flexibility index (Phi) is 12.2. The van der Waals surface area contributed by atoms with E-state index < -0.39 is 17.7 Å². The number of aromatic nitrogens is 5. The lowest BCUT2D eigenvalue weighted by molar-refractivity contribution is -0.152. The van der Waals surface area contributed by atoms with E-state index in [2.05, 4.69) is 72.8 Å². The molecular weight excluding hydrogens is 636 g/mol. The lowest BCUT2D eigenvalue weighted by Gasteiger charge is -1.95. The maximum atomic E-state index is 11.3. The molecule has 0 saturated heterocycles. The van der Waals surface area contributed by atoms with Gasteiger partial charge in [0.2, 0.25) is 15.9 Å². The Hall–Kier alpha value is -1.49. The maximum absolute atomic E-state index is 11.3. The van der Waals surface area contributed by atoms with Crippen LogP contribution in [0.4, 0.5) is 5.13 Å². The van der Waals surface area contributed by atoms with Gasteiger partial charge >= 0.3 is 11.9 Å². The van der Waals surface area contributed by atoms with E-state index in [9.17, 15) is 14.4 Å². The number of carbonyl (C=O) groups is 3. The second-order valence-electron chi connectivity index (χ2n) is 4.60. The number of nitrogens with two attached hydrogens (primary N) is 1. The van der Waals surface area contributed by atoms with Crippen LogP contribution >= 0.6 is 70.5 Å². The highest BCUT2D eigenvalue weighted by atomic mass is 79.9. The number of nitrogen functional groups attached to an aromatic ring is 1. The topological polar surface area (TPSA) is 152 Å². The van der Waals surface area contributed by atoms with E-state index in [1.54, 1.807) is 24.6 Å². The van der Waals surface area contributed by atoms with Gasteiger partial charge in [-0.25, -0.2) is 19.1 Å². The van der Waals surface area contributed by atoms with E-state index in [-0.39, 0.29) is 17.6 Å². The lowest BCUT2D eigenvalue weighted by Crippen LogP contribution is -2.17. The molecule has 16 heteroatoms. The molecular formula is C14H15Br3N6O5S2. The second-order valence-corrected chi connectivity index (χ2v) is 9.68. The van der Waals surface area contributed by atoms with Crippen LogP contribution in [0.25, 0.3) is 4.96 Å². The average molecular weight is 651 g/mol. The molecule has 0 aliphatic carbocycles. The number of halogens is 3. The Bertz CT molecular complexity index is 944. The molecule has 0 radical (unpaired) electrons. The fourth-order valence-corrected chi connectivity index (χ4v) is 3.82. The molecule has 3 aromatic rings. The number of carbonyl (C=O) groups excluding carboxylic acids is 3. The SMILES string of the molecule is CCOC(=O)C(=O)CBr.CCOC(=O)c1cn2nc(Br)sc2n1.Nc1nnc(Br)s1. The Labute approximate surface area is 203 Å². The standard InChI is InChI=1S/C7H6BrN3O2S.C5H7BrO3.C2H2BrN3S/c1-2-13-5(12)4-3-11-7(9-4)14-6(8)10-11;1-2-9-5(8)4(7)3-6;3-1-5-6-2(4)7-1/h3H,2H2,1H3;2-3H2,1H3;(H2,4,6). The van der Waals surface area contributed by atoms with Crippen LogP contribution in [0.5, 0.6) is 0 Å². The van der Waals surface area contributed by atoms with Crippen molar-refractivity contribution in [1.29, 1.82) is 0 Å². The van der Waals surface area contributed by atoms with E-state index in [1.165, 1.54) is 22.7 Å². The predicted molar refractivity (Wildman–Crippen MR) is 122 cm³/mol. The Balaban J connectivity index is 0.000000243. The van der Waals surface area contributed by atoms with E-state index in [0.717, 1.165) is 7.83 Å². The van der Waals surface area contributed by atoms with E-state index in [4.69, 9.17) is 10.5 Å². The fourth-order valence-electron chi connectivity index (χ4n) is 1.46. The number of hydrogen-bond acceptors (Lipinski definition) is 12. The van der Waals surface area contributed by atoms with Crippen LogP contribution in [-0.4, -0.2) is 61.1 Å². The summed E-state index contributed by atoms with van der Waals surface area (Å²) < 4.78 is 12.2. The summed E-state index contributed by atoms with van der Waals surface area (Å²) in [4.78, 5) is 36.8. The van der Waals surface area contributed by atoms with Gasteiger partial charge in [0.15, 0.2) is 13.5 Å². The molecule has 0 saturated carbocycles. The molecule has 0 atom stereocenters. The van der Waals surface area contributed by atoms with Crippen molar-refractivity contribution in [1.82, 2.24) is 24.8 Å². The van der Waals surface area contributed by atoms with Crippen LogP contribution in [0.15, 0.2) is 14.0 Å². The van der Waals surface area contributed by atoms with Crippen molar-refractivity contribution in [2.45, 2.75) is 13.8 Å². The number of Topliss-reactive ketones (excluding diaryl/α,β-unsaturated/α-hetero) is 1. The molecule has 0 unspecified atom stereocenters. The molecule has 30 heavy (non-hydrogen) atoms. The zero-order chi connectivity index (χ0) is 22.7. The van der Waals surface area contributed by atoms with Crippen molar-refractivity contribution in [2.24, 2.45) is 0 Å². The number of anilines is 1. The maximum Gasteiger partial charge on any atom is 0.375 e. The number of ether oxygens (including phenoxy) is 2. The van der Waals surface area contributed by atoms with Gasteiger partial charge in [0.05, 0.1) is 24.7 Å². The zero-order valence-electron chi connectivity index (χ0n) is 15.5. The van der Waals surface area contributed by atoms with E-state index >= 15 is 0 Å². The predicted octanol–water partition coefficient (Wildman–Crippen LogP) is 3.13. The van der Waals surface area contributed by atoms with Crippen LogP contribution in [0, 0.1) is 0 Å². The molecule has 3 rings (SSSR count). The van der Waals surface area contributed by atoms with E-state index in [1.807, 2.05) is 0 Å². The van der Waals surface area contributed by atoms with Crippen molar-refractivity contribution < 1.29 is 23.9 Å². The van der Waals surface area contributed by atoms with Gasteiger partial charge in [-0.1, -0.05) is 38.6 Å². The number of imidazole rings is 1. The molecule has 0 spiro atoms. The van der Waals surface area contributed by atoms with Crippen molar-refractivity contribution in [2.75, 3.05) is 24.3 Å². The first kappa shape index (κ1) is 26.5. The molecule has 3 aromatic heterocycles. The summed E-state index contributed by atoms with van der Waals surface area (Å²) in [6, 6.07) is 0. The number of ketones is 1. The van der Waals surface area contributed by atoms with Crippen LogP contribution in [0.3, 0.4) is 0 Å². The molecule has 0 aromatic carbocycles. The summed E-state index contributed by atoms with van der Waals surface area (Å²) in [6.07, 6.45) is 1.55. The van der Waals surface area contributed by atoms with Crippen LogP contribution in [-0.2, 0) is 19.1 Å². The van der Waals surface area contributed by atoms with Crippen LogP contribution < -0.4 is 5.73 Å². The molecule has 0 fully saturated rings. The van der Waals surface area contributed by atoms with Crippen LogP contribution in [0.2, 0.25) is 0 Å². The van der Waals surface area contributed by atoms with Gasteiger partial charge in [-0.3, -0.25) is 4.79 Å². The third kappa shape index (κ3) is 9.11. The summed E-state index contributed by atoms with van der Waals surface area (Å²) in [5.74, 6) is -1.73. The molecule has 0 aliphatic heterocycles. The van der Waals surface area contributed by atoms with E-state index in [0.29, 0.717) is 16.7 Å². The molecule has 0 aliphatic rings. The van der Waals surface area contributed by atoms with Gasteiger partial charge < -0.3 is 15.2 Å². The summed E-state index contributed by atoms with van der Waals surface area (Å²) in [5, 5.41) is 11.7. The van der Waals surface area contributed by atoms with Gasteiger partial charge in [0, 0.05) is 0 Å². The highest BCUT2D eigenvalue weighted by Gasteiger charge is 2.13. The van der Waals surface area contributed by atoms with Crippen molar-refractivity contribution in [3.8, 4) is 0 Å². The number of esters is 2. The highest BCUT2D eigenvalue weighted by molar-refractivity contribution is 9.11. The second kappa shape index (κ2) is 13.7. The van der Waals surface area contributed by atoms with Crippen molar-refractivity contribution in [3.05, 3.63) is 19.7 Å². The first-order valence-electron chi connectivity index (χ1n) is 7.90. The fraction of sp³-hybridized carbons (Fsp3) is 0.357. The van der Waals surface area contributed by atoms with Gasteiger partial charge in [0.25, 0.3) is 0 Å². The lowest BCUT2D eigenvalue weighted by atomic mass is 10.5. The Morgan fingerprint density at radius 1 is 1.10 bits per heavy atom. The first-order chi connectivity index (χ1) is 14.2. The van der Waals surface area contributed by atoms with Crippen LogP contribution in [0.1, 0.15) is 24.3 Å². The minimum Gasteiger partial charge on any atom is -0.461 e. The molecule has 164 valence electrons. The van der Waals surface area contributed by atoms with Gasteiger partial charge in [-0.2, -0.15) is 0 Å². The number of rotatable bonds is 5. The quantitative estimate of drug-likeness (QED) is 0.248. The third-order valence-electron chi connectivity index (χ3n) is 2.54. The average Bonchev–Trinajstić information content (AvgIpc) is 3.36. The Morgan fingerprint density at radius 3 is 2.20 bits per heavy atom. The normalized spacial score (nSPS) is 9.77. The number of nitrogens with zero attached hydrogens (tertiary/aromatic N) is 5. The molecule has 11 nitrogen and oxygen atoms in total. The molecule has 0 amide bonds. The largest absolute Gasteiger partial charge is 0.461 e. The minimum absolute atomic E-state index is 0.0336. The molecule has 2 N–H and O–H groups in total. The minimum atomic E-state index is -0.769. The molecule has 0 bridgehead atoms. The number of hydrogen-bond donors (Lipinski definition) is 1. The number of fused-ring (bicyclic) bond motifs is 1. The summed E-state index contributed by atoms with van der Waals surface area (Å²) in [7, 11) is 0. The monoisotopic (exact) mass is 648 g/mol. The van der Waals surface area contributed by atoms with Crippen molar-refractivity contribution >= 4 is 98.3 Å². The summed E-state index contributed by atoms with van der Waals surface area (Å²) in [6.45, 7) is 4.00. The zero-order valence-corrected chi connectivity index (χ0v) is 21.9. The Morgan fingerprint density at radius 2 is 1.77 bits per heavy atom. The highest BCUT2D eigenvalue weighted by Crippen LogP contribution is 2.19.